The molecule has 0 aliphatic carbocycles. The number of amides is 1. The minimum absolute atomic E-state index is 0.147. The van der Waals surface area contributed by atoms with Crippen LogP contribution in [0.3, 0.4) is 0 Å². The van der Waals surface area contributed by atoms with Crippen molar-refractivity contribution in [2.75, 3.05) is 6.54 Å². The van der Waals surface area contributed by atoms with E-state index in [4.69, 9.17) is 17.2 Å². The van der Waals surface area contributed by atoms with E-state index < -0.39 is 0 Å². The Balaban J connectivity index is 1.81. The van der Waals surface area contributed by atoms with Gasteiger partial charge in [0.05, 0.1) is 10.5 Å². The molecular formula is C22H19N3O2S3. The molecule has 0 bridgehead atoms. The Bertz CT molecular complexity index is 1210. The van der Waals surface area contributed by atoms with Crippen LogP contribution < -0.4 is 5.56 Å². The van der Waals surface area contributed by atoms with Crippen molar-refractivity contribution >= 4 is 57.7 Å². The van der Waals surface area contributed by atoms with E-state index >= 15 is 0 Å². The van der Waals surface area contributed by atoms with Crippen LogP contribution in [-0.4, -0.2) is 31.1 Å². The molecule has 1 saturated heterocycles. The minimum Gasteiger partial charge on any atom is -0.293 e. The van der Waals surface area contributed by atoms with E-state index in [1.807, 2.05) is 36.4 Å². The van der Waals surface area contributed by atoms with Crippen LogP contribution in [0.2, 0.25) is 0 Å². The highest BCUT2D eigenvalue weighted by atomic mass is 32.2. The average Bonchev–Trinajstić information content (AvgIpc) is 3.02. The number of rotatable bonds is 6. The van der Waals surface area contributed by atoms with Crippen molar-refractivity contribution in [3.05, 3.63) is 75.6 Å². The minimum atomic E-state index is -0.210. The third-order valence-electron chi connectivity index (χ3n) is 4.58. The van der Waals surface area contributed by atoms with Crippen molar-refractivity contribution < 1.29 is 4.79 Å². The molecule has 0 atom stereocenters. The Morgan fingerprint density at radius 3 is 2.67 bits per heavy atom. The third-order valence-corrected chi connectivity index (χ3v) is 6.97. The zero-order valence-electron chi connectivity index (χ0n) is 16.3. The fourth-order valence-corrected chi connectivity index (χ4v) is 5.23. The van der Waals surface area contributed by atoms with Gasteiger partial charge in [-0.15, -0.1) is 0 Å². The summed E-state index contributed by atoms with van der Waals surface area (Å²) in [4.78, 5) is 33.9. The summed E-state index contributed by atoms with van der Waals surface area (Å²) in [6.45, 7) is 2.67. The Kier molecular flexibility index (Phi) is 6.36. The van der Waals surface area contributed by atoms with Crippen LogP contribution in [0, 0.1) is 0 Å². The Morgan fingerprint density at radius 1 is 1.13 bits per heavy atom. The number of unbranched alkanes of at least 4 members (excludes halogenated alkanes) is 1. The molecule has 0 saturated carbocycles. The number of fused-ring (bicyclic) bond motifs is 1. The maximum atomic E-state index is 13.3. The third kappa shape index (κ3) is 4.21. The largest absolute Gasteiger partial charge is 0.293 e. The van der Waals surface area contributed by atoms with Crippen LogP contribution in [0.5, 0.6) is 0 Å². The first-order valence-electron chi connectivity index (χ1n) is 9.58. The van der Waals surface area contributed by atoms with Gasteiger partial charge in [-0.3, -0.25) is 18.9 Å². The molecule has 3 aromatic rings. The highest BCUT2D eigenvalue weighted by molar-refractivity contribution is 8.26. The monoisotopic (exact) mass is 453 g/mol. The lowest BCUT2D eigenvalue weighted by atomic mass is 10.2. The summed E-state index contributed by atoms with van der Waals surface area (Å²) in [6, 6.07) is 15.2. The number of thioether (sulfide) groups is 1. The summed E-state index contributed by atoms with van der Waals surface area (Å²) in [6.07, 6.45) is 5.19. The molecule has 152 valence electrons. The summed E-state index contributed by atoms with van der Waals surface area (Å²) < 4.78 is 2.03. The molecule has 1 aromatic carbocycles. The van der Waals surface area contributed by atoms with Crippen molar-refractivity contribution in [2.45, 2.75) is 29.7 Å². The first-order chi connectivity index (χ1) is 14.6. The topological polar surface area (TPSA) is 54.7 Å². The van der Waals surface area contributed by atoms with E-state index in [1.54, 1.807) is 29.3 Å². The number of carbonyl (C=O) groups is 1. The van der Waals surface area contributed by atoms with Crippen LogP contribution in [0.4, 0.5) is 0 Å². The molecule has 3 heterocycles. The molecule has 8 heteroatoms. The number of pyridine rings is 1. The molecular weight excluding hydrogens is 434 g/mol. The summed E-state index contributed by atoms with van der Waals surface area (Å²) in [7, 11) is 0. The standard InChI is InChI=1S/C22H19N3O2S3/c1-2-3-12-25-21(27)17(30-22(25)28)14-16-19(29-15-9-5-4-6-10-15)23-18-11-7-8-13-24(18)20(16)26/h4-11,13-14H,2-3,12H2,1H3. The molecule has 4 rings (SSSR count). The summed E-state index contributed by atoms with van der Waals surface area (Å²) in [5.41, 5.74) is 0.745. The second kappa shape index (κ2) is 9.16. The predicted octanol–water partition coefficient (Wildman–Crippen LogP) is 4.85. The van der Waals surface area contributed by atoms with Crippen molar-refractivity contribution in [1.82, 2.24) is 14.3 Å². The number of aromatic nitrogens is 2. The van der Waals surface area contributed by atoms with Gasteiger partial charge >= 0.3 is 0 Å². The summed E-state index contributed by atoms with van der Waals surface area (Å²) in [5, 5.41) is 0.566. The van der Waals surface area contributed by atoms with Crippen molar-refractivity contribution in [2.24, 2.45) is 0 Å². The van der Waals surface area contributed by atoms with Crippen LogP contribution >= 0.6 is 35.7 Å². The van der Waals surface area contributed by atoms with Crippen LogP contribution in [0.25, 0.3) is 11.7 Å². The van der Waals surface area contributed by atoms with E-state index in [0.29, 0.717) is 32.0 Å². The number of benzene rings is 1. The number of carbonyl (C=O) groups excluding carboxylic acids is 1. The normalized spacial score (nSPS) is 15.5. The Hall–Kier alpha value is -2.42. The second-order valence-electron chi connectivity index (χ2n) is 6.67. The average molecular weight is 454 g/mol. The Labute approximate surface area is 188 Å². The van der Waals surface area contributed by atoms with Crippen LogP contribution in [0.15, 0.2) is 74.3 Å². The van der Waals surface area contributed by atoms with Gasteiger partial charge in [-0.25, -0.2) is 4.98 Å². The van der Waals surface area contributed by atoms with Gasteiger partial charge in [0, 0.05) is 17.6 Å². The molecule has 5 nitrogen and oxygen atoms in total. The molecule has 1 amide bonds. The first kappa shape index (κ1) is 20.8. The number of hydrogen-bond acceptors (Lipinski definition) is 6. The smallest absolute Gasteiger partial charge is 0.266 e. The van der Waals surface area contributed by atoms with Gasteiger partial charge < -0.3 is 0 Å². The van der Waals surface area contributed by atoms with E-state index in [-0.39, 0.29) is 11.5 Å². The number of hydrogen-bond donors (Lipinski definition) is 0. The van der Waals surface area contributed by atoms with Gasteiger partial charge in [-0.1, -0.05) is 73.4 Å². The maximum Gasteiger partial charge on any atom is 0.266 e. The Morgan fingerprint density at radius 2 is 1.90 bits per heavy atom. The quantitative estimate of drug-likeness (QED) is 0.302. The van der Waals surface area contributed by atoms with Gasteiger partial charge in [0.15, 0.2) is 0 Å². The summed E-state index contributed by atoms with van der Waals surface area (Å²) in [5.74, 6) is -0.147. The molecule has 2 aromatic heterocycles. The van der Waals surface area contributed by atoms with E-state index in [9.17, 15) is 9.59 Å². The lowest BCUT2D eigenvalue weighted by molar-refractivity contribution is -0.122. The van der Waals surface area contributed by atoms with Gasteiger partial charge in [0.25, 0.3) is 11.5 Å². The van der Waals surface area contributed by atoms with E-state index in [1.165, 1.54) is 27.9 Å². The highest BCUT2D eigenvalue weighted by Gasteiger charge is 2.32. The van der Waals surface area contributed by atoms with Crippen LogP contribution in [0.1, 0.15) is 25.3 Å². The molecule has 0 radical (unpaired) electrons. The SMILES string of the molecule is CCCCN1C(=O)C(=Cc2c(Sc3ccccc3)nc3ccccn3c2=O)SC1=S. The van der Waals surface area contributed by atoms with Gasteiger partial charge in [-0.2, -0.15) is 0 Å². The fourth-order valence-electron chi connectivity index (χ4n) is 3.02. The van der Waals surface area contributed by atoms with Crippen molar-refractivity contribution in [1.29, 1.82) is 0 Å². The zero-order valence-corrected chi connectivity index (χ0v) is 18.7. The molecule has 1 fully saturated rings. The number of nitrogens with zero attached hydrogens (tertiary/aromatic N) is 3. The van der Waals surface area contributed by atoms with E-state index in [2.05, 4.69) is 6.92 Å². The molecule has 0 spiro atoms. The van der Waals surface area contributed by atoms with Crippen LogP contribution in [-0.2, 0) is 4.79 Å². The van der Waals surface area contributed by atoms with Crippen molar-refractivity contribution in [3.63, 3.8) is 0 Å². The predicted molar refractivity (Wildman–Crippen MR) is 127 cm³/mol. The zero-order chi connectivity index (χ0) is 21.1. The van der Waals surface area contributed by atoms with Gasteiger partial charge in [0.1, 0.15) is 15.0 Å². The van der Waals surface area contributed by atoms with E-state index in [0.717, 1.165) is 17.7 Å². The van der Waals surface area contributed by atoms with Gasteiger partial charge in [0.2, 0.25) is 0 Å². The fraction of sp³-hybridized carbons (Fsp3) is 0.182. The molecule has 1 aliphatic heterocycles. The second-order valence-corrected chi connectivity index (χ2v) is 9.40. The maximum absolute atomic E-state index is 13.3. The lowest BCUT2D eigenvalue weighted by Crippen LogP contribution is -2.29. The molecule has 0 N–H and O–H groups in total. The first-order valence-corrected chi connectivity index (χ1v) is 11.6. The summed E-state index contributed by atoms with van der Waals surface area (Å²) >= 11 is 8.04. The molecule has 1 aliphatic rings. The molecule has 0 unspecified atom stereocenters. The van der Waals surface area contributed by atoms with Gasteiger partial charge in [-0.05, 0) is 36.8 Å². The molecule has 30 heavy (non-hydrogen) atoms. The number of thiocarbonyl (C=S) groups is 1. The van der Waals surface area contributed by atoms with Crippen molar-refractivity contribution in [3.8, 4) is 0 Å². The lowest BCUT2D eigenvalue weighted by Gasteiger charge is -2.13. The highest BCUT2D eigenvalue weighted by Crippen LogP contribution is 2.35.